The molecule has 0 spiro atoms. The summed E-state index contributed by atoms with van der Waals surface area (Å²) in [5.41, 5.74) is 0.468. The zero-order chi connectivity index (χ0) is 22.5. The second-order valence-electron chi connectivity index (χ2n) is 8.00. The fourth-order valence-electron chi connectivity index (χ4n) is 4.59. The van der Waals surface area contributed by atoms with E-state index < -0.39 is 29.8 Å². The summed E-state index contributed by atoms with van der Waals surface area (Å²) in [6.07, 6.45) is 4.85. The second-order valence-corrected chi connectivity index (χ2v) is 8.41. The van der Waals surface area contributed by atoms with Crippen LogP contribution in [-0.2, 0) is 19.1 Å². The van der Waals surface area contributed by atoms with Gasteiger partial charge in [0.25, 0.3) is 0 Å². The molecule has 1 aromatic carbocycles. The highest BCUT2D eigenvalue weighted by molar-refractivity contribution is 6.33. The molecule has 1 aromatic rings. The van der Waals surface area contributed by atoms with Gasteiger partial charge in [-0.3, -0.25) is 14.4 Å². The zero-order valence-electron chi connectivity index (χ0n) is 17.8. The van der Waals surface area contributed by atoms with Gasteiger partial charge < -0.3 is 20.1 Å². The monoisotopic (exact) mass is 448 g/mol. The van der Waals surface area contributed by atoms with Crippen LogP contribution in [0.25, 0.3) is 0 Å². The number of amides is 2. The standard InChI is InChI=1S/C23H29ClN2O5/c1-3-31-23(30)18-14(2)10-11-15-19(18)22(29)26(12-6-7-13-27)20(15)21(28)25-17-9-5-4-8-16(17)24/h4-5,8-11,14-15,18-20,27H,3,6-7,12-13H2,1-2H3,(H,25,28)/t14-,15+,18-,19+,20+/m1/s1. The summed E-state index contributed by atoms with van der Waals surface area (Å²) >= 11 is 6.20. The molecular weight excluding hydrogens is 420 g/mol. The predicted molar refractivity (Wildman–Crippen MR) is 117 cm³/mol. The summed E-state index contributed by atoms with van der Waals surface area (Å²) in [4.78, 5) is 41.0. The van der Waals surface area contributed by atoms with Gasteiger partial charge in [0.2, 0.25) is 11.8 Å². The first kappa shape index (κ1) is 23.3. The molecule has 168 valence electrons. The van der Waals surface area contributed by atoms with E-state index in [-0.39, 0.29) is 30.9 Å². The molecule has 2 aliphatic rings. The molecular formula is C23H29ClN2O5. The molecule has 0 saturated carbocycles. The number of fused-ring (bicyclic) bond motifs is 1. The van der Waals surface area contributed by atoms with E-state index in [0.29, 0.717) is 30.1 Å². The third kappa shape index (κ3) is 4.77. The van der Waals surface area contributed by atoms with Crippen LogP contribution < -0.4 is 5.32 Å². The predicted octanol–water partition coefficient (Wildman–Crippen LogP) is 2.88. The number of para-hydroxylation sites is 1. The van der Waals surface area contributed by atoms with Crippen molar-refractivity contribution in [3.63, 3.8) is 0 Å². The number of nitrogens with zero attached hydrogens (tertiary/aromatic N) is 1. The number of unbranched alkanes of at least 4 members (excludes halogenated alkanes) is 1. The molecule has 8 heteroatoms. The summed E-state index contributed by atoms with van der Waals surface area (Å²) in [6, 6.07) is 6.14. The number of allylic oxidation sites excluding steroid dienone is 1. The minimum Gasteiger partial charge on any atom is -0.466 e. The number of halogens is 1. The Morgan fingerprint density at radius 3 is 2.65 bits per heavy atom. The van der Waals surface area contributed by atoms with Crippen LogP contribution in [0.3, 0.4) is 0 Å². The van der Waals surface area contributed by atoms with Crippen molar-refractivity contribution in [2.45, 2.75) is 32.7 Å². The van der Waals surface area contributed by atoms with Crippen molar-refractivity contribution < 1.29 is 24.2 Å². The van der Waals surface area contributed by atoms with Gasteiger partial charge in [0.1, 0.15) is 6.04 Å². The zero-order valence-corrected chi connectivity index (χ0v) is 18.5. The number of benzene rings is 1. The van der Waals surface area contributed by atoms with E-state index in [1.54, 1.807) is 36.1 Å². The molecule has 1 fully saturated rings. The summed E-state index contributed by atoms with van der Waals surface area (Å²) in [5, 5.41) is 12.4. The molecule has 5 atom stereocenters. The van der Waals surface area contributed by atoms with Crippen LogP contribution in [0.1, 0.15) is 26.7 Å². The molecule has 0 radical (unpaired) electrons. The molecule has 1 heterocycles. The number of likely N-dealkylation sites (tertiary alicyclic amines) is 1. The van der Waals surface area contributed by atoms with E-state index in [2.05, 4.69) is 5.32 Å². The Labute approximate surface area is 187 Å². The number of hydrogen-bond donors (Lipinski definition) is 2. The molecule has 1 aliphatic heterocycles. The number of hydrogen-bond acceptors (Lipinski definition) is 5. The van der Waals surface area contributed by atoms with Gasteiger partial charge in [-0.15, -0.1) is 0 Å². The Hall–Kier alpha value is -2.38. The van der Waals surface area contributed by atoms with Crippen molar-refractivity contribution in [2.75, 3.05) is 25.1 Å². The van der Waals surface area contributed by atoms with Crippen molar-refractivity contribution in [2.24, 2.45) is 23.7 Å². The van der Waals surface area contributed by atoms with Crippen LogP contribution in [0.4, 0.5) is 5.69 Å². The largest absolute Gasteiger partial charge is 0.466 e. The van der Waals surface area contributed by atoms with Gasteiger partial charge in [0, 0.05) is 19.1 Å². The lowest BCUT2D eigenvalue weighted by Crippen LogP contribution is -2.44. The molecule has 0 bridgehead atoms. The third-order valence-electron chi connectivity index (χ3n) is 6.04. The topological polar surface area (TPSA) is 95.9 Å². The van der Waals surface area contributed by atoms with Crippen LogP contribution in [0, 0.1) is 23.7 Å². The summed E-state index contributed by atoms with van der Waals surface area (Å²) in [5.74, 6) is -2.90. The van der Waals surface area contributed by atoms with Crippen LogP contribution in [0.15, 0.2) is 36.4 Å². The Kier molecular flexibility index (Phi) is 7.73. The first-order chi connectivity index (χ1) is 14.9. The minimum atomic E-state index is -0.770. The molecule has 1 aliphatic carbocycles. The summed E-state index contributed by atoms with van der Waals surface area (Å²) in [6.45, 7) is 4.18. The van der Waals surface area contributed by atoms with Gasteiger partial charge in [-0.2, -0.15) is 0 Å². The molecule has 7 nitrogen and oxygen atoms in total. The normalized spacial score (nSPS) is 27.2. The Bertz CT molecular complexity index is 858. The lowest BCUT2D eigenvalue weighted by molar-refractivity contribution is -0.155. The van der Waals surface area contributed by atoms with Gasteiger partial charge in [0.15, 0.2) is 0 Å². The molecule has 2 amide bonds. The number of anilines is 1. The van der Waals surface area contributed by atoms with Crippen molar-refractivity contribution in [1.29, 1.82) is 0 Å². The van der Waals surface area contributed by atoms with E-state index in [4.69, 9.17) is 21.4 Å². The Morgan fingerprint density at radius 2 is 1.97 bits per heavy atom. The molecule has 3 rings (SSSR count). The third-order valence-corrected chi connectivity index (χ3v) is 6.37. The number of esters is 1. The van der Waals surface area contributed by atoms with E-state index in [9.17, 15) is 14.4 Å². The maximum absolute atomic E-state index is 13.4. The van der Waals surface area contributed by atoms with Gasteiger partial charge in [-0.05, 0) is 37.8 Å². The number of ether oxygens (including phenoxy) is 1. The van der Waals surface area contributed by atoms with Crippen LogP contribution in [0.2, 0.25) is 5.02 Å². The SMILES string of the molecule is CCOC(=O)[C@H]1[C@H]2C(=O)N(CCCCO)[C@H](C(=O)Nc3ccccc3Cl)[C@H]2C=C[C@H]1C. The first-order valence-electron chi connectivity index (χ1n) is 10.7. The van der Waals surface area contributed by atoms with E-state index in [1.165, 1.54) is 0 Å². The number of rotatable bonds is 8. The summed E-state index contributed by atoms with van der Waals surface area (Å²) in [7, 11) is 0. The fraction of sp³-hybridized carbons (Fsp3) is 0.522. The highest BCUT2D eigenvalue weighted by Gasteiger charge is 2.56. The molecule has 1 saturated heterocycles. The smallest absolute Gasteiger partial charge is 0.310 e. The summed E-state index contributed by atoms with van der Waals surface area (Å²) < 4.78 is 5.25. The first-order valence-corrected chi connectivity index (χ1v) is 11.1. The maximum Gasteiger partial charge on any atom is 0.310 e. The van der Waals surface area contributed by atoms with E-state index >= 15 is 0 Å². The number of aliphatic hydroxyl groups is 1. The molecule has 0 aromatic heterocycles. The average molecular weight is 449 g/mol. The maximum atomic E-state index is 13.4. The van der Waals surface area contributed by atoms with Gasteiger partial charge in [0.05, 0.1) is 29.2 Å². The van der Waals surface area contributed by atoms with Crippen LogP contribution in [0.5, 0.6) is 0 Å². The minimum absolute atomic E-state index is 0.00770. The van der Waals surface area contributed by atoms with Crippen molar-refractivity contribution in [1.82, 2.24) is 4.90 Å². The Morgan fingerprint density at radius 1 is 1.23 bits per heavy atom. The number of aliphatic hydroxyl groups excluding tert-OH is 1. The highest BCUT2D eigenvalue weighted by atomic mass is 35.5. The lowest BCUT2D eigenvalue weighted by atomic mass is 9.70. The van der Waals surface area contributed by atoms with Gasteiger partial charge in [-0.25, -0.2) is 0 Å². The number of carbonyl (C=O) groups excluding carboxylic acids is 3. The van der Waals surface area contributed by atoms with Gasteiger partial charge >= 0.3 is 5.97 Å². The number of nitrogens with one attached hydrogen (secondary N) is 1. The van der Waals surface area contributed by atoms with E-state index in [1.807, 2.05) is 19.1 Å². The quantitative estimate of drug-likeness (QED) is 0.362. The van der Waals surface area contributed by atoms with Crippen molar-refractivity contribution in [3.8, 4) is 0 Å². The van der Waals surface area contributed by atoms with Crippen molar-refractivity contribution >= 4 is 35.1 Å². The van der Waals surface area contributed by atoms with Gasteiger partial charge in [-0.1, -0.05) is 42.8 Å². The molecule has 0 unspecified atom stereocenters. The van der Waals surface area contributed by atoms with Crippen molar-refractivity contribution in [3.05, 3.63) is 41.4 Å². The van der Waals surface area contributed by atoms with Crippen LogP contribution in [-0.4, -0.2) is 53.6 Å². The molecule has 31 heavy (non-hydrogen) atoms. The van der Waals surface area contributed by atoms with Crippen LogP contribution >= 0.6 is 11.6 Å². The number of carbonyl (C=O) groups is 3. The fourth-order valence-corrected chi connectivity index (χ4v) is 4.78. The lowest BCUT2D eigenvalue weighted by Gasteiger charge is -2.32. The molecule has 2 N–H and O–H groups in total. The Balaban J connectivity index is 1.93. The average Bonchev–Trinajstić information content (AvgIpc) is 3.02. The highest BCUT2D eigenvalue weighted by Crippen LogP contribution is 2.44. The van der Waals surface area contributed by atoms with E-state index in [0.717, 1.165) is 0 Å². The second kappa shape index (κ2) is 10.3.